The second-order valence-electron chi connectivity index (χ2n) is 10.8. The molecule has 3 heterocycles. The lowest BCUT2D eigenvalue weighted by molar-refractivity contribution is -0.125. The molecule has 2 unspecified atom stereocenters. The van der Waals surface area contributed by atoms with Crippen molar-refractivity contribution in [1.29, 1.82) is 0 Å². The number of carbonyl (C=O) groups is 2. The van der Waals surface area contributed by atoms with E-state index in [1.807, 2.05) is 19.1 Å². The molecule has 2 fully saturated rings. The summed E-state index contributed by atoms with van der Waals surface area (Å²) in [5.74, 6) is 0.483. The van der Waals surface area contributed by atoms with Gasteiger partial charge in [0.2, 0.25) is 5.91 Å². The van der Waals surface area contributed by atoms with Crippen LogP contribution in [0.25, 0.3) is 0 Å². The number of piperidine rings is 2. The molecular formula is C28H41N7O2. The van der Waals surface area contributed by atoms with Crippen molar-refractivity contribution in [3.8, 4) is 0 Å². The van der Waals surface area contributed by atoms with Crippen LogP contribution in [0.15, 0.2) is 30.5 Å². The molecule has 2 saturated heterocycles. The van der Waals surface area contributed by atoms with Crippen LogP contribution >= 0.6 is 0 Å². The first-order chi connectivity index (χ1) is 17.8. The average Bonchev–Trinajstić information content (AvgIpc) is 2.89. The van der Waals surface area contributed by atoms with Gasteiger partial charge >= 0.3 is 0 Å². The fourth-order valence-electron chi connectivity index (χ4n) is 5.37. The van der Waals surface area contributed by atoms with Crippen molar-refractivity contribution in [3.63, 3.8) is 0 Å². The number of benzene rings is 1. The molecular weight excluding hydrogens is 466 g/mol. The van der Waals surface area contributed by atoms with Crippen molar-refractivity contribution in [1.82, 2.24) is 20.6 Å². The second kappa shape index (κ2) is 11.9. The van der Waals surface area contributed by atoms with Gasteiger partial charge < -0.3 is 26.6 Å². The van der Waals surface area contributed by atoms with E-state index in [1.54, 1.807) is 6.20 Å². The largest absolute Gasteiger partial charge is 0.364 e. The Kier molecular flexibility index (Phi) is 8.63. The highest BCUT2D eigenvalue weighted by Gasteiger charge is 2.29. The van der Waals surface area contributed by atoms with Crippen molar-refractivity contribution in [2.75, 3.05) is 36.4 Å². The zero-order valence-corrected chi connectivity index (χ0v) is 22.3. The minimum absolute atomic E-state index is 0.00887. The number of amides is 2. The van der Waals surface area contributed by atoms with Gasteiger partial charge in [-0.05, 0) is 68.3 Å². The minimum Gasteiger partial charge on any atom is -0.364 e. The first-order valence-corrected chi connectivity index (χ1v) is 13.6. The van der Waals surface area contributed by atoms with Gasteiger partial charge in [-0.3, -0.25) is 9.59 Å². The molecule has 2 aromatic rings. The first kappa shape index (κ1) is 26.9. The fraction of sp³-hybridized carbons (Fsp3) is 0.571. The Hall–Kier alpha value is -3.20. The van der Waals surface area contributed by atoms with Gasteiger partial charge in [-0.2, -0.15) is 0 Å². The molecule has 0 radical (unpaired) electrons. The van der Waals surface area contributed by atoms with E-state index < -0.39 is 5.91 Å². The molecule has 37 heavy (non-hydrogen) atoms. The predicted molar refractivity (Wildman–Crippen MR) is 147 cm³/mol. The zero-order chi connectivity index (χ0) is 26.4. The zero-order valence-electron chi connectivity index (χ0n) is 22.3. The Labute approximate surface area is 220 Å². The number of primary amides is 1. The molecule has 0 saturated carbocycles. The summed E-state index contributed by atoms with van der Waals surface area (Å²) in [5, 5.41) is 9.89. The van der Waals surface area contributed by atoms with Gasteiger partial charge in [0.15, 0.2) is 11.5 Å². The quantitative estimate of drug-likeness (QED) is 0.409. The highest BCUT2D eigenvalue weighted by atomic mass is 16.2. The SMILES string of the molecule is CCCC(C)C(=O)NC1CCCN(c2cnc(C(N)=O)c(Nc3ccc(C4(C)CCNCC4)cc3)n2)C1. The maximum Gasteiger partial charge on any atom is 0.271 e. The number of nitrogens with two attached hydrogens (primary N) is 1. The molecule has 2 aliphatic heterocycles. The topological polar surface area (TPSA) is 125 Å². The van der Waals surface area contributed by atoms with Crippen LogP contribution in [0.1, 0.15) is 75.3 Å². The molecule has 1 aromatic carbocycles. The van der Waals surface area contributed by atoms with E-state index >= 15 is 0 Å². The third kappa shape index (κ3) is 6.57. The van der Waals surface area contributed by atoms with E-state index in [4.69, 9.17) is 10.7 Å². The summed E-state index contributed by atoms with van der Waals surface area (Å²) >= 11 is 0. The lowest BCUT2D eigenvalue weighted by Crippen LogP contribution is -2.49. The normalized spacial score (nSPS) is 20.2. The molecule has 2 amide bonds. The maximum absolute atomic E-state index is 12.5. The highest BCUT2D eigenvalue weighted by Crippen LogP contribution is 2.34. The molecule has 9 heteroatoms. The average molecular weight is 508 g/mol. The number of hydrogen-bond donors (Lipinski definition) is 4. The summed E-state index contributed by atoms with van der Waals surface area (Å²) in [6.45, 7) is 9.90. The summed E-state index contributed by atoms with van der Waals surface area (Å²) in [7, 11) is 0. The number of carbonyl (C=O) groups excluding carboxylic acids is 2. The summed E-state index contributed by atoms with van der Waals surface area (Å²) in [5.41, 5.74) is 8.02. The molecule has 1 aromatic heterocycles. The lowest BCUT2D eigenvalue weighted by Gasteiger charge is -2.35. The number of hydrogen-bond acceptors (Lipinski definition) is 7. The van der Waals surface area contributed by atoms with Crippen molar-refractivity contribution >= 4 is 29.1 Å². The van der Waals surface area contributed by atoms with Crippen LogP contribution in [-0.2, 0) is 10.2 Å². The monoisotopic (exact) mass is 507 g/mol. The van der Waals surface area contributed by atoms with Crippen LogP contribution in [0.4, 0.5) is 17.3 Å². The number of nitrogens with zero attached hydrogens (tertiary/aromatic N) is 3. The smallest absolute Gasteiger partial charge is 0.271 e. The van der Waals surface area contributed by atoms with Crippen LogP contribution in [0.3, 0.4) is 0 Å². The van der Waals surface area contributed by atoms with Crippen LogP contribution in [0, 0.1) is 5.92 Å². The van der Waals surface area contributed by atoms with Crippen molar-refractivity contribution < 1.29 is 9.59 Å². The summed E-state index contributed by atoms with van der Waals surface area (Å²) in [6.07, 6.45) is 7.54. The fourth-order valence-corrected chi connectivity index (χ4v) is 5.37. The van der Waals surface area contributed by atoms with Gasteiger partial charge in [-0.1, -0.05) is 39.3 Å². The number of nitrogens with one attached hydrogen (secondary N) is 3. The molecule has 2 atom stereocenters. The number of rotatable bonds is 9. The summed E-state index contributed by atoms with van der Waals surface area (Å²) in [6, 6.07) is 8.38. The molecule has 0 bridgehead atoms. The number of anilines is 3. The second-order valence-corrected chi connectivity index (χ2v) is 10.8. The molecule has 4 rings (SSSR count). The predicted octanol–water partition coefficient (Wildman–Crippen LogP) is 3.48. The molecule has 5 N–H and O–H groups in total. The van der Waals surface area contributed by atoms with E-state index in [-0.39, 0.29) is 29.0 Å². The minimum atomic E-state index is -0.630. The maximum atomic E-state index is 12.5. The van der Waals surface area contributed by atoms with E-state index in [2.05, 4.69) is 51.8 Å². The van der Waals surface area contributed by atoms with E-state index in [0.717, 1.165) is 63.8 Å². The third-order valence-corrected chi connectivity index (χ3v) is 7.81. The Morgan fingerprint density at radius 3 is 2.65 bits per heavy atom. The number of aromatic nitrogens is 2. The van der Waals surface area contributed by atoms with E-state index in [0.29, 0.717) is 18.2 Å². The van der Waals surface area contributed by atoms with Crippen molar-refractivity contribution in [3.05, 3.63) is 41.7 Å². The van der Waals surface area contributed by atoms with Crippen LogP contribution in [-0.4, -0.2) is 54.0 Å². The first-order valence-electron chi connectivity index (χ1n) is 13.6. The molecule has 0 spiro atoms. The standard InChI is InChI=1S/C28H41N7O2/c1-4-6-19(2)27(37)33-22-7-5-16-35(18-22)23-17-31-24(25(29)36)26(34-23)32-21-10-8-20(9-11-21)28(3)12-14-30-15-13-28/h8-11,17,19,22,30H,4-7,12-16,18H2,1-3H3,(H2,29,36)(H,32,34)(H,33,37). The van der Waals surface area contributed by atoms with Crippen molar-refractivity contribution in [2.45, 2.75) is 70.8 Å². The Morgan fingerprint density at radius 1 is 1.24 bits per heavy atom. The van der Waals surface area contributed by atoms with E-state index in [9.17, 15) is 9.59 Å². The van der Waals surface area contributed by atoms with Gasteiger partial charge in [-0.25, -0.2) is 9.97 Å². The van der Waals surface area contributed by atoms with Gasteiger partial charge in [0, 0.05) is 30.7 Å². The Balaban J connectivity index is 1.48. The van der Waals surface area contributed by atoms with Gasteiger partial charge in [0.1, 0.15) is 5.82 Å². The van der Waals surface area contributed by atoms with Gasteiger partial charge in [0.05, 0.1) is 6.20 Å². The third-order valence-electron chi connectivity index (χ3n) is 7.81. The summed E-state index contributed by atoms with van der Waals surface area (Å²) in [4.78, 5) is 35.9. The Bertz CT molecular complexity index is 1080. The van der Waals surface area contributed by atoms with Crippen LogP contribution in [0.2, 0.25) is 0 Å². The lowest BCUT2D eigenvalue weighted by atomic mass is 9.75. The Morgan fingerprint density at radius 2 is 1.97 bits per heavy atom. The molecule has 9 nitrogen and oxygen atoms in total. The van der Waals surface area contributed by atoms with Gasteiger partial charge in [-0.15, -0.1) is 0 Å². The molecule has 0 aliphatic carbocycles. The molecule has 2 aliphatic rings. The molecule has 200 valence electrons. The van der Waals surface area contributed by atoms with E-state index in [1.165, 1.54) is 5.56 Å². The summed E-state index contributed by atoms with van der Waals surface area (Å²) < 4.78 is 0. The van der Waals surface area contributed by atoms with Crippen LogP contribution in [0.5, 0.6) is 0 Å². The highest BCUT2D eigenvalue weighted by molar-refractivity contribution is 5.96. The van der Waals surface area contributed by atoms with Crippen LogP contribution < -0.4 is 26.6 Å². The van der Waals surface area contributed by atoms with Gasteiger partial charge in [0.25, 0.3) is 5.91 Å². The van der Waals surface area contributed by atoms with Crippen molar-refractivity contribution in [2.24, 2.45) is 11.7 Å².